The van der Waals surface area contributed by atoms with Gasteiger partial charge in [-0.2, -0.15) is 0 Å². The molecular formula is C18H20Cl2N2O2. The van der Waals surface area contributed by atoms with Crippen molar-refractivity contribution in [2.24, 2.45) is 0 Å². The number of nitrogens with one attached hydrogen (secondary N) is 1. The molecule has 0 saturated heterocycles. The summed E-state index contributed by atoms with van der Waals surface area (Å²) in [5.41, 5.74) is 1.72. The normalized spacial score (nSPS) is 10.6. The van der Waals surface area contributed by atoms with Crippen LogP contribution >= 0.6 is 23.2 Å². The van der Waals surface area contributed by atoms with E-state index in [1.165, 1.54) is 0 Å². The Morgan fingerprint density at radius 2 is 1.79 bits per heavy atom. The molecule has 0 aliphatic heterocycles. The number of ether oxygens (including phenoxy) is 1. The SMILES string of the molecule is CC(C)NC(=O)N(C)c1ccc(OCc2ccc(Cl)c(Cl)c2)cc1. The van der Waals surface area contributed by atoms with Crippen LogP contribution in [0.5, 0.6) is 5.75 Å². The summed E-state index contributed by atoms with van der Waals surface area (Å²) in [5.74, 6) is 0.711. The third-order valence-corrected chi connectivity index (χ3v) is 4.07. The second-order valence-electron chi connectivity index (χ2n) is 5.69. The maximum absolute atomic E-state index is 12.0. The fourth-order valence-corrected chi connectivity index (χ4v) is 2.34. The quantitative estimate of drug-likeness (QED) is 0.796. The highest BCUT2D eigenvalue weighted by Gasteiger charge is 2.11. The van der Waals surface area contributed by atoms with E-state index in [4.69, 9.17) is 27.9 Å². The Labute approximate surface area is 152 Å². The predicted octanol–water partition coefficient (Wildman–Crippen LogP) is 5.13. The molecule has 0 bridgehead atoms. The van der Waals surface area contributed by atoms with Crippen LogP contribution < -0.4 is 15.0 Å². The molecule has 2 amide bonds. The Morgan fingerprint density at radius 3 is 2.38 bits per heavy atom. The molecule has 2 rings (SSSR count). The first-order chi connectivity index (χ1) is 11.4. The van der Waals surface area contributed by atoms with Gasteiger partial charge in [-0.15, -0.1) is 0 Å². The smallest absolute Gasteiger partial charge is 0.321 e. The van der Waals surface area contributed by atoms with E-state index in [2.05, 4.69) is 5.32 Å². The number of carbonyl (C=O) groups excluding carboxylic acids is 1. The van der Waals surface area contributed by atoms with Crippen LogP contribution in [0.25, 0.3) is 0 Å². The van der Waals surface area contributed by atoms with Crippen molar-refractivity contribution in [3.8, 4) is 5.75 Å². The highest BCUT2D eigenvalue weighted by molar-refractivity contribution is 6.42. The number of hydrogen-bond acceptors (Lipinski definition) is 2. The van der Waals surface area contributed by atoms with Gasteiger partial charge in [0.25, 0.3) is 0 Å². The third-order valence-electron chi connectivity index (χ3n) is 3.33. The summed E-state index contributed by atoms with van der Waals surface area (Å²) < 4.78 is 5.73. The Balaban J connectivity index is 1.96. The first-order valence-corrected chi connectivity index (χ1v) is 8.33. The number of carbonyl (C=O) groups is 1. The van der Waals surface area contributed by atoms with E-state index in [9.17, 15) is 4.79 Å². The Hall–Kier alpha value is -1.91. The molecule has 4 nitrogen and oxygen atoms in total. The molecule has 0 saturated carbocycles. The van der Waals surface area contributed by atoms with Crippen molar-refractivity contribution in [3.05, 3.63) is 58.1 Å². The van der Waals surface area contributed by atoms with Gasteiger partial charge in [0.1, 0.15) is 12.4 Å². The first kappa shape index (κ1) is 18.4. The number of halogens is 2. The summed E-state index contributed by atoms with van der Waals surface area (Å²) in [5, 5.41) is 3.87. The fourth-order valence-electron chi connectivity index (χ4n) is 2.02. The minimum Gasteiger partial charge on any atom is -0.489 e. The number of urea groups is 1. The van der Waals surface area contributed by atoms with E-state index >= 15 is 0 Å². The van der Waals surface area contributed by atoms with Crippen LogP contribution in [-0.4, -0.2) is 19.1 Å². The molecule has 0 spiro atoms. The van der Waals surface area contributed by atoms with Crippen molar-refractivity contribution in [2.45, 2.75) is 26.5 Å². The average Bonchev–Trinajstić information content (AvgIpc) is 2.55. The molecular weight excluding hydrogens is 347 g/mol. The van der Waals surface area contributed by atoms with Crippen LogP contribution in [0, 0.1) is 0 Å². The second-order valence-corrected chi connectivity index (χ2v) is 6.51. The lowest BCUT2D eigenvalue weighted by molar-refractivity contribution is 0.245. The molecule has 128 valence electrons. The van der Waals surface area contributed by atoms with Crippen molar-refractivity contribution in [1.82, 2.24) is 5.32 Å². The van der Waals surface area contributed by atoms with Gasteiger partial charge in [0.2, 0.25) is 0 Å². The summed E-state index contributed by atoms with van der Waals surface area (Å²) in [6.07, 6.45) is 0. The van der Waals surface area contributed by atoms with Crippen molar-refractivity contribution in [3.63, 3.8) is 0 Å². The minimum absolute atomic E-state index is 0.0914. The summed E-state index contributed by atoms with van der Waals surface area (Å²) in [7, 11) is 1.73. The second kappa shape index (κ2) is 8.27. The summed E-state index contributed by atoms with van der Waals surface area (Å²) in [4.78, 5) is 13.5. The predicted molar refractivity (Wildman–Crippen MR) is 99.3 cm³/mol. The summed E-state index contributed by atoms with van der Waals surface area (Å²) in [6, 6.07) is 12.7. The molecule has 1 N–H and O–H groups in total. The number of rotatable bonds is 5. The van der Waals surface area contributed by atoms with Crippen molar-refractivity contribution in [1.29, 1.82) is 0 Å². The maximum atomic E-state index is 12.0. The molecule has 2 aromatic rings. The van der Waals surface area contributed by atoms with Gasteiger partial charge in [0.15, 0.2) is 0 Å². The van der Waals surface area contributed by atoms with Gasteiger partial charge < -0.3 is 10.1 Å². The van der Waals surface area contributed by atoms with E-state index < -0.39 is 0 Å². The first-order valence-electron chi connectivity index (χ1n) is 7.58. The molecule has 0 radical (unpaired) electrons. The standard InChI is InChI=1S/C18H20Cl2N2O2/c1-12(2)21-18(23)22(3)14-5-7-15(8-6-14)24-11-13-4-9-16(19)17(20)10-13/h4-10,12H,11H2,1-3H3,(H,21,23). The van der Waals surface area contributed by atoms with Gasteiger partial charge in [0.05, 0.1) is 10.0 Å². The summed E-state index contributed by atoms with van der Waals surface area (Å²) in [6.45, 7) is 4.23. The Morgan fingerprint density at radius 1 is 1.12 bits per heavy atom. The number of anilines is 1. The zero-order chi connectivity index (χ0) is 17.7. The van der Waals surface area contributed by atoms with E-state index in [0.717, 1.165) is 11.3 Å². The monoisotopic (exact) mass is 366 g/mol. The molecule has 0 atom stereocenters. The maximum Gasteiger partial charge on any atom is 0.321 e. The lowest BCUT2D eigenvalue weighted by Gasteiger charge is -2.20. The van der Waals surface area contributed by atoms with E-state index in [1.54, 1.807) is 24.1 Å². The van der Waals surface area contributed by atoms with E-state index in [-0.39, 0.29) is 12.1 Å². The topological polar surface area (TPSA) is 41.6 Å². The van der Waals surface area contributed by atoms with Crippen LogP contribution in [0.4, 0.5) is 10.5 Å². The van der Waals surface area contributed by atoms with Crippen LogP contribution in [0.3, 0.4) is 0 Å². The molecule has 0 aromatic heterocycles. The van der Waals surface area contributed by atoms with Crippen LogP contribution in [0.1, 0.15) is 19.4 Å². The molecule has 0 heterocycles. The average molecular weight is 367 g/mol. The van der Waals surface area contributed by atoms with Crippen molar-refractivity contribution >= 4 is 34.9 Å². The number of hydrogen-bond donors (Lipinski definition) is 1. The molecule has 2 aromatic carbocycles. The van der Waals surface area contributed by atoms with Gasteiger partial charge in [-0.1, -0.05) is 29.3 Å². The largest absolute Gasteiger partial charge is 0.489 e. The van der Waals surface area contributed by atoms with Gasteiger partial charge in [-0.05, 0) is 55.8 Å². The number of amides is 2. The zero-order valence-electron chi connectivity index (χ0n) is 13.8. The molecule has 0 fully saturated rings. The Kier molecular flexibility index (Phi) is 6.35. The number of nitrogens with zero attached hydrogens (tertiary/aromatic N) is 1. The van der Waals surface area contributed by atoms with E-state index in [0.29, 0.717) is 22.4 Å². The highest BCUT2D eigenvalue weighted by Crippen LogP contribution is 2.24. The van der Waals surface area contributed by atoms with Gasteiger partial charge >= 0.3 is 6.03 Å². The van der Waals surface area contributed by atoms with Crippen LogP contribution in [0.15, 0.2) is 42.5 Å². The fraction of sp³-hybridized carbons (Fsp3) is 0.278. The Bertz CT molecular complexity index is 703. The highest BCUT2D eigenvalue weighted by atomic mass is 35.5. The third kappa shape index (κ3) is 5.05. The van der Waals surface area contributed by atoms with Gasteiger partial charge in [-0.3, -0.25) is 4.90 Å². The van der Waals surface area contributed by atoms with Crippen molar-refractivity contribution < 1.29 is 9.53 Å². The lowest BCUT2D eigenvalue weighted by Crippen LogP contribution is -2.40. The molecule has 0 aliphatic carbocycles. The summed E-state index contributed by atoms with van der Waals surface area (Å²) >= 11 is 11.9. The molecule has 0 unspecified atom stereocenters. The van der Waals surface area contributed by atoms with E-state index in [1.807, 2.05) is 44.2 Å². The lowest BCUT2D eigenvalue weighted by atomic mass is 10.2. The van der Waals surface area contributed by atoms with Crippen molar-refractivity contribution in [2.75, 3.05) is 11.9 Å². The molecule has 0 aliphatic rings. The number of benzene rings is 2. The minimum atomic E-state index is -0.144. The van der Waals surface area contributed by atoms with Crippen LogP contribution in [-0.2, 0) is 6.61 Å². The zero-order valence-corrected chi connectivity index (χ0v) is 15.4. The van der Waals surface area contributed by atoms with Crippen LogP contribution in [0.2, 0.25) is 10.0 Å². The van der Waals surface area contributed by atoms with Gasteiger partial charge in [0, 0.05) is 18.8 Å². The molecule has 24 heavy (non-hydrogen) atoms. The molecule has 6 heteroatoms. The van der Waals surface area contributed by atoms with Gasteiger partial charge in [-0.25, -0.2) is 4.79 Å².